The first kappa shape index (κ1) is 14.0. The van der Waals surface area contributed by atoms with Gasteiger partial charge in [-0.15, -0.1) is 0 Å². The van der Waals surface area contributed by atoms with Crippen LogP contribution in [0, 0.1) is 0 Å². The van der Waals surface area contributed by atoms with Gasteiger partial charge in [0.05, 0.1) is 0 Å². The predicted molar refractivity (Wildman–Crippen MR) is 59.2 cm³/mol. The van der Waals surface area contributed by atoms with Gasteiger partial charge in [-0.25, -0.2) is 0 Å². The van der Waals surface area contributed by atoms with E-state index in [1.165, 1.54) is 0 Å². The quantitative estimate of drug-likeness (QED) is 0.661. The molecule has 0 aliphatic heterocycles. The molecule has 0 atom stereocenters. The molecule has 0 heterocycles. The van der Waals surface area contributed by atoms with Crippen LogP contribution in [0.1, 0.15) is 0 Å². The second-order valence-corrected chi connectivity index (χ2v) is 15.7. The summed E-state index contributed by atoms with van der Waals surface area (Å²) in [4.78, 5) is 2.00. The minimum atomic E-state index is -2.94. The number of rotatable bonds is 1. The molecule has 0 spiro atoms. The molecule has 0 saturated carbocycles. The van der Waals surface area contributed by atoms with E-state index < -0.39 is 13.4 Å². The normalized spacial score (nSPS) is 16.2. The third-order valence-corrected chi connectivity index (χ3v) is 6.02. The number of hydrogen-bond acceptors (Lipinski definition) is 1. The Balaban J connectivity index is 0.000000310. The summed E-state index contributed by atoms with van der Waals surface area (Å²) in [5.74, 6) is 0. The van der Waals surface area contributed by atoms with Gasteiger partial charge in [0.25, 0.3) is 0 Å². The molecule has 13 heavy (non-hydrogen) atoms. The standard InChI is InChI=1S/C5H5.C3H9N.3ClH.Ti/c1-2-4-5-3-1;1-4(2)3;;;;/h1-5H;1-3H3;3*1H;/q;;;;;+3/p-3. The number of halogens is 3. The molecular formula is C8H14Cl3NTi. The molecule has 1 aliphatic carbocycles. The molecule has 0 saturated heterocycles. The van der Waals surface area contributed by atoms with Gasteiger partial charge in [0.2, 0.25) is 0 Å². The number of allylic oxidation sites excluding steroid dienone is 4. The molecule has 5 heteroatoms. The van der Waals surface area contributed by atoms with Crippen molar-refractivity contribution >= 4 is 27.9 Å². The van der Waals surface area contributed by atoms with Crippen LogP contribution in [0.2, 0.25) is 4.22 Å². The van der Waals surface area contributed by atoms with Gasteiger partial charge in [-0.2, -0.15) is 0 Å². The predicted octanol–water partition coefficient (Wildman–Crippen LogP) is 3.69. The van der Waals surface area contributed by atoms with Gasteiger partial charge in [-0.05, 0) is 21.1 Å². The Morgan fingerprint density at radius 1 is 1.00 bits per heavy atom. The average molecular weight is 278 g/mol. The molecule has 0 radical (unpaired) electrons. The zero-order chi connectivity index (χ0) is 10.5. The van der Waals surface area contributed by atoms with Gasteiger partial charge in [0.1, 0.15) is 0 Å². The molecule has 0 fully saturated rings. The molecule has 1 rings (SSSR count). The Morgan fingerprint density at radius 2 is 1.31 bits per heavy atom. The van der Waals surface area contributed by atoms with Crippen molar-refractivity contribution in [2.75, 3.05) is 21.1 Å². The average Bonchev–Trinajstić information content (AvgIpc) is 2.31. The molecule has 1 nitrogen and oxygen atoms in total. The minimum absolute atomic E-state index is 0.134. The van der Waals surface area contributed by atoms with Crippen molar-refractivity contribution in [3.05, 3.63) is 24.3 Å². The number of hydrogen-bond donors (Lipinski definition) is 0. The van der Waals surface area contributed by atoms with Crippen molar-refractivity contribution in [1.29, 1.82) is 0 Å². The van der Waals surface area contributed by atoms with Crippen LogP contribution in [0.3, 0.4) is 0 Å². The molecule has 0 aromatic heterocycles. The molecule has 0 unspecified atom stereocenters. The summed E-state index contributed by atoms with van der Waals surface area (Å²) in [6.07, 6.45) is 7.70. The molecule has 0 N–H and O–H groups in total. The third kappa shape index (κ3) is 8.05. The van der Waals surface area contributed by atoms with E-state index in [0.29, 0.717) is 0 Å². The summed E-state index contributed by atoms with van der Waals surface area (Å²) in [5.41, 5.74) is 0. The summed E-state index contributed by atoms with van der Waals surface area (Å²) >= 11 is -2.94. The van der Waals surface area contributed by atoms with Gasteiger partial charge in [-0.3, -0.25) is 0 Å². The second-order valence-electron chi connectivity index (χ2n) is 3.18. The molecule has 0 bridgehead atoms. The monoisotopic (exact) mass is 277 g/mol. The fraction of sp³-hybridized carbons (Fsp3) is 0.500. The Bertz CT molecular complexity index is 181. The van der Waals surface area contributed by atoms with Gasteiger partial charge in [0.15, 0.2) is 0 Å². The molecule has 0 aromatic rings. The zero-order valence-corrected chi connectivity index (χ0v) is 11.8. The maximum absolute atomic E-state index is 5.76. The summed E-state index contributed by atoms with van der Waals surface area (Å²) in [6.45, 7) is 0. The van der Waals surface area contributed by atoms with E-state index >= 15 is 0 Å². The van der Waals surface area contributed by atoms with Crippen molar-refractivity contribution in [2.24, 2.45) is 0 Å². The SMILES string of the molecule is CN(C)C.[Cl][Ti]([Cl])([Cl])[CH]1C=CC=C1. The summed E-state index contributed by atoms with van der Waals surface area (Å²) < 4.78 is 0.134. The van der Waals surface area contributed by atoms with Crippen LogP contribution in [0.15, 0.2) is 24.3 Å². The first-order valence-electron chi connectivity index (χ1n) is 3.86. The van der Waals surface area contributed by atoms with Crippen molar-refractivity contribution in [1.82, 2.24) is 4.90 Å². The van der Waals surface area contributed by atoms with E-state index in [1.54, 1.807) is 0 Å². The third-order valence-electron chi connectivity index (χ3n) is 1.13. The Morgan fingerprint density at radius 3 is 1.46 bits per heavy atom. The summed E-state index contributed by atoms with van der Waals surface area (Å²) in [6, 6.07) is 0. The second kappa shape index (κ2) is 6.50. The van der Waals surface area contributed by atoms with Crippen molar-refractivity contribution in [3.8, 4) is 0 Å². The van der Waals surface area contributed by atoms with Crippen molar-refractivity contribution in [2.45, 2.75) is 4.22 Å². The van der Waals surface area contributed by atoms with Crippen LogP contribution < -0.4 is 0 Å². The first-order valence-corrected chi connectivity index (χ1v) is 11.2. The van der Waals surface area contributed by atoms with E-state index in [0.717, 1.165) is 0 Å². The molecule has 1 aliphatic rings. The molecular weight excluding hydrogens is 264 g/mol. The topological polar surface area (TPSA) is 3.24 Å². The van der Waals surface area contributed by atoms with Gasteiger partial charge >= 0.3 is 69.8 Å². The van der Waals surface area contributed by atoms with Crippen LogP contribution >= 0.6 is 27.9 Å². The van der Waals surface area contributed by atoms with Crippen LogP contribution in [-0.4, -0.2) is 26.0 Å². The molecule has 0 aromatic carbocycles. The first-order chi connectivity index (χ1) is 5.84. The zero-order valence-electron chi connectivity index (χ0n) is 7.97. The Kier molecular flexibility index (Phi) is 7.01. The van der Waals surface area contributed by atoms with Gasteiger partial charge in [0, 0.05) is 0 Å². The van der Waals surface area contributed by atoms with Crippen molar-refractivity contribution in [3.63, 3.8) is 0 Å². The fourth-order valence-corrected chi connectivity index (χ4v) is 3.48. The van der Waals surface area contributed by atoms with Gasteiger partial charge in [-0.1, -0.05) is 0 Å². The van der Waals surface area contributed by atoms with Crippen LogP contribution in [0.5, 0.6) is 0 Å². The fourth-order valence-electron chi connectivity index (χ4n) is 0.650. The maximum atomic E-state index is 5.76. The summed E-state index contributed by atoms with van der Waals surface area (Å²) in [7, 11) is 23.3. The van der Waals surface area contributed by atoms with E-state index in [2.05, 4.69) is 0 Å². The van der Waals surface area contributed by atoms with E-state index in [9.17, 15) is 0 Å². The van der Waals surface area contributed by atoms with E-state index in [-0.39, 0.29) is 4.22 Å². The van der Waals surface area contributed by atoms with Crippen molar-refractivity contribution < 1.29 is 13.4 Å². The molecule has 76 valence electrons. The Labute approximate surface area is 95.3 Å². The van der Waals surface area contributed by atoms with Gasteiger partial charge < -0.3 is 4.90 Å². The molecule has 0 amide bonds. The number of nitrogens with zero attached hydrogens (tertiary/aromatic N) is 1. The Hall–Kier alpha value is 1.02. The van der Waals surface area contributed by atoms with E-state index in [1.807, 2.05) is 50.3 Å². The summed E-state index contributed by atoms with van der Waals surface area (Å²) in [5, 5.41) is 0. The van der Waals surface area contributed by atoms with Crippen LogP contribution in [-0.2, 0) is 13.4 Å². The van der Waals surface area contributed by atoms with Crippen LogP contribution in [0.25, 0.3) is 0 Å². The van der Waals surface area contributed by atoms with Crippen LogP contribution in [0.4, 0.5) is 0 Å². The van der Waals surface area contributed by atoms with E-state index in [4.69, 9.17) is 27.9 Å².